The van der Waals surface area contributed by atoms with E-state index in [1.807, 2.05) is 13.0 Å². The largest absolute Gasteiger partial charge is 0.434 e. The summed E-state index contributed by atoms with van der Waals surface area (Å²) >= 11 is 0. The number of rotatable bonds is 8. The first-order chi connectivity index (χ1) is 9.08. The van der Waals surface area contributed by atoms with Crippen molar-refractivity contribution in [2.75, 3.05) is 6.61 Å². The lowest BCUT2D eigenvalue weighted by Gasteiger charge is -2.18. The number of benzene rings is 1. The number of nitrogens with one attached hydrogen (secondary N) is 1. The average molecular weight is 273 g/mol. The van der Waals surface area contributed by atoms with Crippen molar-refractivity contribution in [2.24, 2.45) is 0 Å². The van der Waals surface area contributed by atoms with Crippen LogP contribution in [-0.2, 0) is 6.54 Å². The van der Waals surface area contributed by atoms with Crippen LogP contribution in [0.4, 0.5) is 8.78 Å². The molecule has 0 aromatic heterocycles. The van der Waals surface area contributed by atoms with Crippen molar-refractivity contribution >= 4 is 0 Å². The van der Waals surface area contributed by atoms with Crippen LogP contribution >= 0.6 is 0 Å². The fourth-order valence-electron chi connectivity index (χ4n) is 1.97. The molecule has 0 saturated heterocycles. The molecular formula is C14H21F2NO2. The molecular weight excluding hydrogens is 252 g/mol. The predicted molar refractivity (Wildman–Crippen MR) is 70.4 cm³/mol. The molecule has 5 heteroatoms. The molecule has 0 heterocycles. The summed E-state index contributed by atoms with van der Waals surface area (Å²) in [4.78, 5) is 0. The zero-order valence-corrected chi connectivity index (χ0v) is 11.3. The van der Waals surface area contributed by atoms with E-state index in [9.17, 15) is 8.78 Å². The topological polar surface area (TPSA) is 41.5 Å². The highest BCUT2D eigenvalue weighted by molar-refractivity contribution is 5.40. The van der Waals surface area contributed by atoms with Crippen LogP contribution in [-0.4, -0.2) is 24.4 Å². The van der Waals surface area contributed by atoms with Gasteiger partial charge < -0.3 is 15.2 Å². The maximum absolute atomic E-state index is 12.4. The molecule has 108 valence electrons. The van der Waals surface area contributed by atoms with E-state index in [1.54, 1.807) is 19.1 Å². The second-order valence-corrected chi connectivity index (χ2v) is 4.44. The highest BCUT2D eigenvalue weighted by Crippen LogP contribution is 2.25. The van der Waals surface area contributed by atoms with Crippen molar-refractivity contribution in [2.45, 2.75) is 45.9 Å². The SMILES string of the molecule is CCC(CCO)NCc1cccc(C)c1OC(F)F. The standard InChI is InChI=1S/C14H21F2NO2/c1-3-12(7-8-18)17-9-11-6-4-5-10(2)13(11)19-14(15)16/h4-6,12,14,17-18H,3,7-9H2,1-2H3. The second kappa shape index (κ2) is 8.07. The van der Waals surface area contributed by atoms with Crippen molar-refractivity contribution in [1.29, 1.82) is 0 Å². The van der Waals surface area contributed by atoms with Crippen LogP contribution < -0.4 is 10.1 Å². The van der Waals surface area contributed by atoms with Gasteiger partial charge in [0.15, 0.2) is 0 Å². The first kappa shape index (κ1) is 15.9. The zero-order chi connectivity index (χ0) is 14.3. The smallest absolute Gasteiger partial charge is 0.387 e. The number of ether oxygens (including phenoxy) is 1. The van der Waals surface area contributed by atoms with Gasteiger partial charge in [-0.15, -0.1) is 0 Å². The quantitative estimate of drug-likeness (QED) is 0.765. The highest BCUT2D eigenvalue weighted by Gasteiger charge is 2.13. The molecule has 0 radical (unpaired) electrons. The van der Waals surface area contributed by atoms with Crippen molar-refractivity contribution in [3.8, 4) is 5.75 Å². The third-order valence-corrected chi connectivity index (χ3v) is 3.05. The fourth-order valence-corrected chi connectivity index (χ4v) is 1.97. The summed E-state index contributed by atoms with van der Waals surface area (Å²) in [6.07, 6.45) is 1.52. The maximum Gasteiger partial charge on any atom is 0.387 e. The van der Waals surface area contributed by atoms with E-state index in [0.717, 1.165) is 6.42 Å². The number of hydrogen-bond acceptors (Lipinski definition) is 3. The molecule has 0 fully saturated rings. The number of para-hydroxylation sites is 1. The Balaban J connectivity index is 2.74. The molecule has 1 atom stereocenters. The predicted octanol–water partition coefficient (Wildman–Crippen LogP) is 2.85. The third kappa shape index (κ3) is 5.12. The zero-order valence-electron chi connectivity index (χ0n) is 11.3. The molecule has 1 aromatic rings. The van der Waals surface area contributed by atoms with Gasteiger partial charge in [0.1, 0.15) is 5.75 Å². The molecule has 0 spiro atoms. The Morgan fingerprint density at radius 2 is 2.11 bits per heavy atom. The van der Waals surface area contributed by atoms with E-state index in [1.165, 1.54) is 0 Å². The molecule has 19 heavy (non-hydrogen) atoms. The van der Waals surface area contributed by atoms with Crippen LogP contribution in [0, 0.1) is 6.92 Å². The Labute approximate surface area is 112 Å². The molecule has 0 aliphatic carbocycles. The van der Waals surface area contributed by atoms with Gasteiger partial charge in [-0.1, -0.05) is 25.1 Å². The van der Waals surface area contributed by atoms with E-state index in [0.29, 0.717) is 24.1 Å². The number of aryl methyl sites for hydroxylation is 1. The van der Waals surface area contributed by atoms with E-state index >= 15 is 0 Å². The van der Waals surface area contributed by atoms with Gasteiger partial charge in [0.2, 0.25) is 0 Å². The Bertz CT molecular complexity index is 386. The Hall–Kier alpha value is -1.20. The molecule has 0 amide bonds. The van der Waals surface area contributed by atoms with Crippen LogP contribution in [0.5, 0.6) is 5.75 Å². The second-order valence-electron chi connectivity index (χ2n) is 4.44. The average Bonchev–Trinajstić information content (AvgIpc) is 2.37. The molecule has 1 aromatic carbocycles. The summed E-state index contributed by atoms with van der Waals surface area (Å²) in [5.41, 5.74) is 1.39. The van der Waals surface area contributed by atoms with Crippen LogP contribution in [0.2, 0.25) is 0 Å². The van der Waals surface area contributed by atoms with E-state index < -0.39 is 6.61 Å². The van der Waals surface area contributed by atoms with Gasteiger partial charge in [-0.05, 0) is 25.3 Å². The Morgan fingerprint density at radius 3 is 2.68 bits per heavy atom. The maximum atomic E-state index is 12.4. The molecule has 2 N–H and O–H groups in total. The lowest BCUT2D eigenvalue weighted by atomic mass is 10.1. The summed E-state index contributed by atoms with van der Waals surface area (Å²) in [5, 5.41) is 12.2. The minimum atomic E-state index is -2.82. The molecule has 0 aliphatic rings. The summed E-state index contributed by atoms with van der Waals surface area (Å²) in [6, 6.07) is 5.50. The minimum absolute atomic E-state index is 0.111. The number of hydrogen-bond donors (Lipinski definition) is 2. The minimum Gasteiger partial charge on any atom is -0.434 e. The van der Waals surface area contributed by atoms with E-state index in [2.05, 4.69) is 10.1 Å². The fraction of sp³-hybridized carbons (Fsp3) is 0.571. The van der Waals surface area contributed by atoms with Crippen molar-refractivity contribution in [1.82, 2.24) is 5.32 Å². The molecule has 0 aliphatic heterocycles. The number of aliphatic hydroxyl groups excluding tert-OH is 1. The van der Waals surface area contributed by atoms with E-state index in [4.69, 9.17) is 5.11 Å². The summed E-state index contributed by atoms with van der Waals surface area (Å²) in [5.74, 6) is 0.240. The molecule has 0 saturated carbocycles. The van der Waals surface area contributed by atoms with Gasteiger partial charge in [-0.25, -0.2) is 0 Å². The van der Waals surface area contributed by atoms with Gasteiger partial charge in [0, 0.05) is 24.8 Å². The summed E-state index contributed by atoms with van der Waals surface area (Å²) in [6.45, 7) is 1.49. The Morgan fingerprint density at radius 1 is 1.37 bits per heavy atom. The number of alkyl halides is 2. The monoisotopic (exact) mass is 273 g/mol. The van der Waals surface area contributed by atoms with Gasteiger partial charge in [0.25, 0.3) is 0 Å². The van der Waals surface area contributed by atoms with Crippen LogP contribution in [0.1, 0.15) is 30.9 Å². The summed E-state index contributed by atoms with van der Waals surface area (Å²) < 4.78 is 29.4. The first-order valence-corrected chi connectivity index (χ1v) is 6.46. The lowest BCUT2D eigenvalue weighted by Crippen LogP contribution is -2.29. The highest BCUT2D eigenvalue weighted by atomic mass is 19.3. The van der Waals surface area contributed by atoms with Gasteiger partial charge in [-0.2, -0.15) is 8.78 Å². The molecule has 1 rings (SSSR count). The van der Waals surface area contributed by atoms with Gasteiger partial charge in [-0.3, -0.25) is 0 Å². The lowest BCUT2D eigenvalue weighted by molar-refractivity contribution is -0.0509. The van der Waals surface area contributed by atoms with Crippen molar-refractivity contribution < 1.29 is 18.6 Å². The Kier molecular flexibility index (Phi) is 6.73. The molecule has 0 bridgehead atoms. The molecule has 1 unspecified atom stereocenters. The number of halogens is 2. The summed E-state index contributed by atoms with van der Waals surface area (Å²) in [7, 11) is 0. The first-order valence-electron chi connectivity index (χ1n) is 6.46. The van der Waals surface area contributed by atoms with Crippen LogP contribution in [0.15, 0.2) is 18.2 Å². The number of aliphatic hydroxyl groups is 1. The molecule has 3 nitrogen and oxygen atoms in total. The van der Waals surface area contributed by atoms with Crippen molar-refractivity contribution in [3.05, 3.63) is 29.3 Å². The van der Waals surface area contributed by atoms with Crippen LogP contribution in [0.25, 0.3) is 0 Å². The normalized spacial score (nSPS) is 12.7. The van der Waals surface area contributed by atoms with Crippen molar-refractivity contribution in [3.63, 3.8) is 0 Å². The van der Waals surface area contributed by atoms with Crippen LogP contribution in [0.3, 0.4) is 0 Å². The third-order valence-electron chi connectivity index (χ3n) is 3.05. The van der Waals surface area contributed by atoms with E-state index in [-0.39, 0.29) is 18.4 Å². The van der Waals surface area contributed by atoms with Gasteiger partial charge >= 0.3 is 6.61 Å². The van der Waals surface area contributed by atoms with Gasteiger partial charge in [0.05, 0.1) is 0 Å².